The first-order valence-electron chi connectivity index (χ1n) is 10.7. The zero-order valence-corrected chi connectivity index (χ0v) is 19.6. The van der Waals surface area contributed by atoms with Crippen LogP contribution in [0.5, 0.6) is 0 Å². The lowest BCUT2D eigenvalue weighted by Gasteiger charge is -2.43. The highest BCUT2D eigenvalue weighted by Crippen LogP contribution is 2.40. The summed E-state index contributed by atoms with van der Waals surface area (Å²) < 4.78 is 0. The van der Waals surface area contributed by atoms with Crippen molar-refractivity contribution in [1.29, 1.82) is 5.26 Å². The summed E-state index contributed by atoms with van der Waals surface area (Å²) in [7, 11) is 0. The van der Waals surface area contributed by atoms with Gasteiger partial charge in [0.25, 0.3) is 5.91 Å². The molecule has 0 bridgehead atoms. The molecule has 1 aliphatic rings. The van der Waals surface area contributed by atoms with Crippen LogP contribution in [0, 0.1) is 32.1 Å². The van der Waals surface area contributed by atoms with Gasteiger partial charge in [-0.1, -0.05) is 12.1 Å². The van der Waals surface area contributed by atoms with Crippen molar-refractivity contribution in [3.05, 3.63) is 69.8 Å². The predicted molar refractivity (Wildman–Crippen MR) is 130 cm³/mol. The van der Waals surface area contributed by atoms with E-state index in [1.807, 2.05) is 39.0 Å². The number of hydrogen-bond donors (Lipinski definition) is 1. The number of anilines is 2. The van der Waals surface area contributed by atoms with E-state index in [2.05, 4.69) is 62.2 Å². The van der Waals surface area contributed by atoms with Gasteiger partial charge < -0.3 is 10.2 Å². The fourth-order valence-corrected chi connectivity index (χ4v) is 4.53. The smallest absolute Gasteiger partial charge is 0.266 e. The second kappa shape index (κ2) is 8.43. The fourth-order valence-electron chi connectivity index (χ4n) is 4.53. The molecule has 4 nitrogen and oxygen atoms in total. The zero-order chi connectivity index (χ0) is 22.9. The molecule has 31 heavy (non-hydrogen) atoms. The first-order chi connectivity index (χ1) is 14.6. The first kappa shape index (κ1) is 22.4. The van der Waals surface area contributed by atoms with Gasteiger partial charge in [-0.05, 0) is 107 Å². The molecule has 0 spiro atoms. The van der Waals surface area contributed by atoms with Crippen molar-refractivity contribution in [2.24, 2.45) is 0 Å². The molecule has 1 heterocycles. The van der Waals surface area contributed by atoms with E-state index in [9.17, 15) is 10.1 Å². The van der Waals surface area contributed by atoms with E-state index in [0.717, 1.165) is 34.4 Å². The van der Waals surface area contributed by atoms with E-state index in [1.165, 1.54) is 11.3 Å². The number of hydrogen-bond acceptors (Lipinski definition) is 3. The molecule has 0 radical (unpaired) electrons. The number of fused-ring (bicyclic) bond motifs is 1. The summed E-state index contributed by atoms with van der Waals surface area (Å²) in [5.41, 5.74) is 8.33. The van der Waals surface area contributed by atoms with Crippen LogP contribution in [0.15, 0.2) is 42.0 Å². The minimum Gasteiger partial charge on any atom is -0.363 e. The van der Waals surface area contributed by atoms with Crippen molar-refractivity contribution in [3.63, 3.8) is 0 Å². The summed E-state index contributed by atoms with van der Waals surface area (Å²) in [6.45, 7) is 15.6. The highest BCUT2D eigenvalue weighted by Gasteiger charge is 2.30. The third-order valence-corrected chi connectivity index (χ3v) is 5.83. The highest BCUT2D eigenvalue weighted by atomic mass is 16.1. The second-order valence-corrected chi connectivity index (χ2v) is 8.95. The number of carbonyl (C=O) groups is 1. The molecule has 0 fully saturated rings. The van der Waals surface area contributed by atoms with Crippen molar-refractivity contribution in [1.82, 2.24) is 0 Å². The van der Waals surface area contributed by atoms with Gasteiger partial charge in [0.2, 0.25) is 0 Å². The Morgan fingerprint density at radius 3 is 2.32 bits per heavy atom. The molecule has 0 saturated carbocycles. The molecule has 0 aromatic heterocycles. The van der Waals surface area contributed by atoms with E-state index in [0.29, 0.717) is 5.69 Å². The van der Waals surface area contributed by atoms with Crippen molar-refractivity contribution >= 4 is 28.9 Å². The van der Waals surface area contributed by atoms with Crippen molar-refractivity contribution in [2.75, 3.05) is 16.8 Å². The molecule has 0 saturated heterocycles. The van der Waals surface area contributed by atoms with Crippen LogP contribution >= 0.6 is 0 Å². The fraction of sp³-hybridized carbons (Fsp3) is 0.333. The minimum absolute atomic E-state index is 0.0563. The number of benzene rings is 2. The average molecular weight is 414 g/mol. The Bertz CT molecular complexity index is 1130. The maximum absolute atomic E-state index is 12.8. The second-order valence-electron chi connectivity index (χ2n) is 8.95. The summed E-state index contributed by atoms with van der Waals surface area (Å²) >= 11 is 0. The predicted octanol–water partition coefficient (Wildman–Crippen LogP) is 6.18. The number of likely N-dealkylation sites (N-methyl/N-ethyl adjacent to an activating group) is 1. The van der Waals surface area contributed by atoms with Crippen LogP contribution in [0.1, 0.15) is 55.5 Å². The van der Waals surface area contributed by atoms with Gasteiger partial charge in [-0.15, -0.1) is 0 Å². The van der Waals surface area contributed by atoms with Crippen LogP contribution in [0.2, 0.25) is 0 Å². The van der Waals surface area contributed by atoms with Crippen LogP contribution in [0.3, 0.4) is 0 Å². The summed E-state index contributed by atoms with van der Waals surface area (Å²) in [6.07, 6.45) is 3.97. The SMILES string of the molecule is CCN1c2cc(C)c(/C=C(/C#N)C(=O)Nc3cc(C)cc(C)c3)cc2C(C)=CC1(C)C. The third kappa shape index (κ3) is 4.56. The number of nitrogens with one attached hydrogen (secondary N) is 1. The van der Waals surface area contributed by atoms with E-state index in [1.54, 1.807) is 6.08 Å². The number of allylic oxidation sites excluding steroid dienone is 1. The van der Waals surface area contributed by atoms with Crippen LogP contribution in [0.25, 0.3) is 11.6 Å². The molecule has 1 amide bonds. The molecule has 4 heteroatoms. The third-order valence-electron chi connectivity index (χ3n) is 5.83. The summed E-state index contributed by atoms with van der Waals surface area (Å²) in [6, 6.07) is 12.2. The Morgan fingerprint density at radius 2 is 1.74 bits per heavy atom. The molecule has 2 aromatic rings. The number of nitrogens with zero attached hydrogens (tertiary/aromatic N) is 2. The molecule has 0 aliphatic carbocycles. The van der Waals surface area contributed by atoms with Gasteiger partial charge in [0.1, 0.15) is 11.6 Å². The van der Waals surface area contributed by atoms with Gasteiger partial charge in [0.15, 0.2) is 0 Å². The molecule has 1 aliphatic heterocycles. The van der Waals surface area contributed by atoms with Gasteiger partial charge >= 0.3 is 0 Å². The van der Waals surface area contributed by atoms with Crippen molar-refractivity contribution in [3.8, 4) is 6.07 Å². The van der Waals surface area contributed by atoms with E-state index < -0.39 is 5.91 Å². The number of rotatable bonds is 4. The summed E-state index contributed by atoms with van der Waals surface area (Å²) in [4.78, 5) is 15.2. The van der Waals surface area contributed by atoms with E-state index in [4.69, 9.17) is 0 Å². The topological polar surface area (TPSA) is 56.1 Å². The normalized spacial score (nSPS) is 15.1. The quantitative estimate of drug-likeness (QED) is 0.481. The van der Waals surface area contributed by atoms with Crippen LogP contribution in [0.4, 0.5) is 11.4 Å². The molecule has 160 valence electrons. The lowest BCUT2D eigenvalue weighted by atomic mass is 9.86. The largest absolute Gasteiger partial charge is 0.363 e. The summed E-state index contributed by atoms with van der Waals surface area (Å²) in [5.74, 6) is -0.395. The Morgan fingerprint density at radius 1 is 1.10 bits per heavy atom. The zero-order valence-electron chi connectivity index (χ0n) is 19.6. The monoisotopic (exact) mass is 413 g/mol. The molecule has 1 N–H and O–H groups in total. The standard InChI is InChI=1S/C27H31N3O/c1-8-30-25-12-19(4)21(14-24(25)20(5)15-27(30,6)7)13-22(16-28)26(31)29-23-10-17(2)9-18(3)11-23/h9-15H,8H2,1-7H3,(H,29,31)/b22-13-. The van der Waals surface area contributed by atoms with Crippen LogP contribution in [-0.2, 0) is 4.79 Å². The molecular weight excluding hydrogens is 382 g/mol. The van der Waals surface area contributed by atoms with Crippen molar-refractivity contribution in [2.45, 2.75) is 54.0 Å². The maximum atomic E-state index is 12.8. The highest BCUT2D eigenvalue weighted by molar-refractivity contribution is 6.10. The molecule has 2 aromatic carbocycles. The Labute approximate surface area is 185 Å². The van der Waals surface area contributed by atoms with Crippen LogP contribution in [-0.4, -0.2) is 18.0 Å². The maximum Gasteiger partial charge on any atom is 0.266 e. The van der Waals surface area contributed by atoms with Crippen LogP contribution < -0.4 is 10.2 Å². The molecule has 0 atom stereocenters. The number of nitriles is 1. The first-order valence-corrected chi connectivity index (χ1v) is 10.7. The van der Waals surface area contributed by atoms with Crippen molar-refractivity contribution < 1.29 is 4.79 Å². The summed E-state index contributed by atoms with van der Waals surface area (Å²) in [5, 5.41) is 12.5. The number of aryl methyl sites for hydroxylation is 3. The van der Waals surface area contributed by atoms with Gasteiger partial charge in [0.05, 0.1) is 5.54 Å². The number of amides is 1. The Hall–Kier alpha value is -3.32. The van der Waals surface area contributed by atoms with Gasteiger partial charge in [-0.3, -0.25) is 4.79 Å². The number of carbonyl (C=O) groups excluding carboxylic acids is 1. The molecular formula is C27H31N3O. The van der Waals surface area contributed by atoms with Gasteiger partial charge in [-0.2, -0.15) is 5.26 Å². The van der Waals surface area contributed by atoms with Gasteiger partial charge in [0, 0.05) is 23.5 Å². The molecule has 3 rings (SSSR count). The van der Waals surface area contributed by atoms with E-state index in [-0.39, 0.29) is 11.1 Å². The lowest BCUT2D eigenvalue weighted by Crippen LogP contribution is -2.44. The molecule has 0 unspecified atom stereocenters. The average Bonchev–Trinajstić information content (AvgIpc) is 2.65. The Balaban J connectivity index is 1.99. The Kier molecular flexibility index (Phi) is 6.08. The lowest BCUT2D eigenvalue weighted by molar-refractivity contribution is -0.112. The minimum atomic E-state index is -0.395. The van der Waals surface area contributed by atoms with Gasteiger partial charge in [-0.25, -0.2) is 0 Å². The van der Waals surface area contributed by atoms with E-state index >= 15 is 0 Å².